The van der Waals surface area contributed by atoms with Gasteiger partial charge in [0.2, 0.25) is 0 Å². The highest BCUT2D eigenvalue weighted by molar-refractivity contribution is 7.86. The summed E-state index contributed by atoms with van der Waals surface area (Å²) in [4.78, 5) is 0. The molecule has 1 aromatic rings. The second-order valence-electron chi connectivity index (χ2n) is 5.32. The topological polar surface area (TPSA) is 75.9 Å². The molecule has 2 N–H and O–H groups in total. The number of hydrogen-bond donors (Lipinski definition) is 1. The number of hydrogen-bond acceptors (Lipinski definition) is 4. The van der Waals surface area contributed by atoms with E-state index in [9.17, 15) is 8.42 Å². The fourth-order valence-corrected chi connectivity index (χ4v) is 3.97. The second-order valence-corrected chi connectivity index (χ2v) is 7.36. The van der Waals surface area contributed by atoms with Crippen LogP contribution in [0.15, 0.2) is 30.3 Å². The van der Waals surface area contributed by atoms with Crippen molar-refractivity contribution in [3.8, 4) is 0 Å². The highest BCUT2D eigenvalue weighted by atomic mass is 35.5. The van der Waals surface area contributed by atoms with Crippen LogP contribution in [0.1, 0.15) is 11.5 Å². The molecule has 1 heterocycles. The van der Waals surface area contributed by atoms with Crippen LogP contribution in [0.4, 0.5) is 0 Å². The van der Waals surface area contributed by atoms with Gasteiger partial charge in [-0.25, -0.2) is 0 Å². The van der Waals surface area contributed by atoms with Crippen LogP contribution in [0.25, 0.3) is 0 Å². The van der Waals surface area contributed by atoms with E-state index in [4.69, 9.17) is 10.5 Å². The van der Waals surface area contributed by atoms with Gasteiger partial charge in [-0.1, -0.05) is 30.3 Å². The molecule has 0 radical (unpaired) electrons. The fraction of sp³-hybridized carbons (Fsp3) is 0.571. The first-order chi connectivity index (χ1) is 9.96. The molecule has 8 heteroatoms. The summed E-state index contributed by atoms with van der Waals surface area (Å²) in [6.07, 6.45) is 0. The minimum absolute atomic E-state index is 0. The van der Waals surface area contributed by atoms with Crippen molar-refractivity contribution in [2.45, 2.75) is 12.0 Å². The van der Waals surface area contributed by atoms with Crippen LogP contribution in [0.5, 0.6) is 0 Å². The highest BCUT2D eigenvalue weighted by Gasteiger charge is 2.39. The maximum atomic E-state index is 12.5. The minimum Gasteiger partial charge on any atom is -0.383 e. The number of benzene rings is 1. The van der Waals surface area contributed by atoms with Crippen LogP contribution < -0.4 is 5.73 Å². The van der Waals surface area contributed by atoms with Crippen LogP contribution in [-0.2, 0) is 14.9 Å². The third-order valence-electron chi connectivity index (χ3n) is 3.89. The summed E-state index contributed by atoms with van der Waals surface area (Å²) in [5.74, 6) is 0.0387. The maximum Gasteiger partial charge on any atom is 0.281 e. The first kappa shape index (κ1) is 19.3. The van der Waals surface area contributed by atoms with Gasteiger partial charge < -0.3 is 10.5 Å². The molecule has 0 spiro atoms. The van der Waals surface area contributed by atoms with Gasteiger partial charge in [-0.05, 0) is 5.56 Å². The molecule has 1 aliphatic rings. The minimum atomic E-state index is -3.48. The van der Waals surface area contributed by atoms with Crippen LogP contribution in [0, 0.1) is 0 Å². The summed E-state index contributed by atoms with van der Waals surface area (Å²) in [6, 6.07) is 9.65. The zero-order chi connectivity index (χ0) is 15.5. The lowest BCUT2D eigenvalue weighted by Crippen LogP contribution is -2.42. The summed E-state index contributed by atoms with van der Waals surface area (Å²) in [7, 11) is -0.360. The molecule has 1 saturated heterocycles. The first-order valence-electron chi connectivity index (χ1n) is 6.97. The Morgan fingerprint density at radius 1 is 1.32 bits per heavy atom. The standard InChI is InChI=1S/C14H23N3O3S.ClH/c1-16(8-9-20-2)21(18,19)17-10-13(14(15)11-17)12-6-4-3-5-7-12;/h3-7,13-14H,8-11,15H2,1-2H3;1H/t13-,14+;/m0./s1. The Hall–Kier alpha value is -0.700. The lowest BCUT2D eigenvalue weighted by molar-refractivity contribution is 0.183. The van der Waals surface area contributed by atoms with E-state index < -0.39 is 10.2 Å². The third kappa shape index (κ3) is 4.18. The molecule has 6 nitrogen and oxygen atoms in total. The Morgan fingerprint density at radius 2 is 1.95 bits per heavy atom. The first-order valence-corrected chi connectivity index (χ1v) is 8.37. The average Bonchev–Trinajstić information content (AvgIpc) is 2.88. The van der Waals surface area contributed by atoms with Gasteiger partial charge in [0.25, 0.3) is 10.2 Å². The quantitative estimate of drug-likeness (QED) is 0.818. The molecule has 1 aliphatic heterocycles. The summed E-state index contributed by atoms with van der Waals surface area (Å²) in [5, 5.41) is 0. The van der Waals surface area contributed by atoms with E-state index in [0.29, 0.717) is 26.2 Å². The van der Waals surface area contributed by atoms with Crippen molar-refractivity contribution in [3.05, 3.63) is 35.9 Å². The lowest BCUT2D eigenvalue weighted by Gasteiger charge is -2.23. The predicted molar refractivity (Wildman–Crippen MR) is 89.4 cm³/mol. The van der Waals surface area contributed by atoms with Gasteiger partial charge in [0.1, 0.15) is 0 Å². The molecule has 0 amide bonds. The predicted octanol–water partition coefficient (Wildman–Crippen LogP) is 0.658. The number of nitrogens with two attached hydrogens (primary N) is 1. The Labute approximate surface area is 138 Å². The largest absolute Gasteiger partial charge is 0.383 e. The number of ether oxygens (including phenoxy) is 1. The molecule has 22 heavy (non-hydrogen) atoms. The number of methoxy groups -OCH3 is 1. The summed E-state index contributed by atoms with van der Waals surface area (Å²) in [6.45, 7) is 1.47. The molecule has 1 fully saturated rings. The van der Waals surface area contributed by atoms with Crippen molar-refractivity contribution < 1.29 is 13.2 Å². The molecule has 1 aromatic carbocycles. The molecule has 126 valence electrons. The fourth-order valence-electron chi connectivity index (χ4n) is 2.57. The molecule has 0 saturated carbocycles. The molecule has 2 atom stereocenters. The smallest absolute Gasteiger partial charge is 0.281 e. The van der Waals surface area contributed by atoms with Crippen molar-refractivity contribution in [3.63, 3.8) is 0 Å². The van der Waals surface area contributed by atoms with Gasteiger partial charge in [0.15, 0.2) is 0 Å². The molecule has 2 rings (SSSR count). The summed E-state index contributed by atoms with van der Waals surface area (Å²) in [5.41, 5.74) is 7.23. The van der Waals surface area contributed by atoms with Crippen LogP contribution in [0.2, 0.25) is 0 Å². The van der Waals surface area contributed by atoms with Crippen LogP contribution >= 0.6 is 12.4 Å². The van der Waals surface area contributed by atoms with Crippen molar-refractivity contribution in [1.29, 1.82) is 0 Å². The van der Waals surface area contributed by atoms with Gasteiger partial charge in [-0.3, -0.25) is 0 Å². The van der Waals surface area contributed by atoms with Gasteiger partial charge in [0, 0.05) is 45.8 Å². The molecular formula is C14H24ClN3O3S. The Kier molecular flexibility index (Phi) is 7.24. The molecule has 0 aliphatic carbocycles. The number of likely N-dealkylation sites (N-methyl/N-ethyl adjacent to an activating group) is 1. The normalized spacial score (nSPS) is 22.7. The number of halogens is 1. The summed E-state index contributed by atoms with van der Waals surface area (Å²) >= 11 is 0. The van der Waals surface area contributed by atoms with Crippen LogP contribution in [0.3, 0.4) is 0 Å². The van der Waals surface area contributed by atoms with Crippen molar-refractivity contribution in [1.82, 2.24) is 8.61 Å². The van der Waals surface area contributed by atoms with Crippen molar-refractivity contribution in [2.24, 2.45) is 5.73 Å². The average molecular weight is 350 g/mol. The SMILES string of the molecule is COCCN(C)S(=O)(=O)N1C[C@@H](N)[C@H](c2ccccc2)C1.Cl. The number of nitrogens with zero attached hydrogens (tertiary/aromatic N) is 2. The van der Waals surface area contributed by atoms with Gasteiger partial charge >= 0.3 is 0 Å². The molecule has 0 unspecified atom stereocenters. The second kappa shape index (κ2) is 8.24. The molecule has 0 bridgehead atoms. The van der Waals surface area contributed by atoms with E-state index in [1.165, 1.54) is 8.61 Å². The Bertz CT molecular complexity index is 556. The van der Waals surface area contributed by atoms with Crippen molar-refractivity contribution in [2.75, 3.05) is 40.4 Å². The Morgan fingerprint density at radius 3 is 2.55 bits per heavy atom. The molecular weight excluding hydrogens is 326 g/mol. The zero-order valence-electron chi connectivity index (χ0n) is 12.9. The van der Waals surface area contributed by atoms with E-state index in [1.54, 1.807) is 14.2 Å². The Balaban J connectivity index is 0.00000242. The van der Waals surface area contributed by atoms with E-state index in [-0.39, 0.29) is 24.4 Å². The van der Waals surface area contributed by atoms with E-state index in [1.807, 2.05) is 30.3 Å². The van der Waals surface area contributed by atoms with Gasteiger partial charge in [-0.15, -0.1) is 12.4 Å². The van der Waals surface area contributed by atoms with E-state index >= 15 is 0 Å². The van der Waals surface area contributed by atoms with Crippen molar-refractivity contribution >= 4 is 22.6 Å². The monoisotopic (exact) mass is 349 g/mol. The maximum absolute atomic E-state index is 12.5. The summed E-state index contributed by atoms with van der Waals surface area (Å²) < 4.78 is 32.7. The third-order valence-corrected chi connectivity index (χ3v) is 5.81. The number of rotatable bonds is 6. The van der Waals surface area contributed by atoms with E-state index in [2.05, 4.69) is 0 Å². The molecule has 0 aromatic heterocycles. The highest BCUT2D eigenvalue weighted by Crippen LogP contribution is 2.28. The zero-order valence-corrected chi connectivity index (χ0v) is 14.5. The van der Waals surface area contributed by atoms with Gasteiger partial charge in [0.05, 0.1) is 6.61 Å². The van der Waals surface area contributed by atoms with E-state index in [0.717, 1.165) is 5.56 Å². The van der Waals surface area contributed by atoms with Crippen LogP contribution in [-0.4, -0.2) is 63.5 Å². The van der Waals surface area contributed by atoms with Gasteiger partial charge in [-0.2, -0.15) is 17.0 Å². The lowest BCUT2D eigenvalue weighted by atomic mass is 9.95.